The summed E-state index contributed by atoms with van der Waals surface area (Å²) in [5.41, 5.74) is 2.00. The van der Waals surface area contributed by atoms with Crippen LogP contribution in [0.4, 0.5) is 5.95 Å². The first-order valence-corrected chi connectivity index (χ1v) is 13.3. The van der Waals surface area contributed by atoms with Gasteiger partial charge in [-0.3, -0.25) is 9.12 Å². The van der Waals surface area contributed by atoms with Crippen molar-refractivity contribution in [1.29, 1.82) is 0 Å². The van der Waals surface area contributed by atoms with E-state index in [-0.39, 0.29) is 5.95 Å². The SMILES string of the molecule is C[C@H]1[C@@H](COc2cc3nnc(NS(C)(=O)=O)n3cc2C2CC2)CC[C@@H](I)C1(C)C. The maximum atomic E-state index is 11.6. The molecule has 3 atom stereocenters. The van der Waals surface area contributed by atoms with Crippen molar-refractivity contribution >= 4 is 44.2 Å². The average Bonchev–Trinajstić information content (AvgIpc) is 3.41. The Morgan fingerprint density at radius 1 is 1.28 bits per heavy atom. The molecule has 2 aromatic heterocycles. The minimum atomic E-state index is -3.42. The highest BCUT2D eigenvalue weighted by molar-refractivity contribution is 14.1. The van der Waals surface area contributed by atoms with Crippen molar-refractivity contribution in [2.24, 2.45) is 17.3 Å². The molecule has 0 aromatic carbocycles. The van der Waals surface area contributed by atoms with E-state index in [9.17, 15) is 8.42 Å². The lowest BCUT2D eigenvalue weighted by Gasteiger charge is -2.45. The molecule has 29 heavy (non-hydrogen) atoms. The summed E-state index contributed by atoms with van der Waals surface area (Å²) in [6, 6.07) is 1.90. The summed E-state index contributed by atoms with van der Waals surface area (Å²) >= 11 is 2.60. The van der Waals surface area contributed by atoms with Gasteiger partial charge in [0.2, 0.25) is 16.0 Å². The summed E-state index contributed by atoms with van der Waals surface area (Å²) < 4.78 is 34.4. The van der Waals surface area contributed by atoms with Crippen LogP contribution in [0.15, 0.2) is 12.3 Å². The molecule has 1 N–H and O–H groups in total. The van der Waals surface area contributed by atoms with Crippen molar-refractivity contribution in [2.75, 3.05) is 17.6 Å². The fraction of sp³-hybridized carbons (Fsp3) is 0.700. The van der Waals surface area contributed by atoms with Crippen molar-refractivity contribution in [3.8, 4) is 5.75 Å². The fourth-order valence-corrected chi connectivity index (χ4v) is 5.69. The maximum Gasteiger partial charge on any atom is 0.242 e. The number of hydrogen-bond acceptors (Lipinski definition) is 5. The zero-order valence-corrected chi connectivity index (χ0v) is 20.3. The number of alkyl halides is 1. The van der Waals surface area contributed by atoms with Gasteiger partial charge in [-0.2, -0.15) is 0 Å². The van der Waals surface area contributed by atoms with E-state index in [0.29, 0.717) is 39.3 Å². The van der Waals surface area contributed by atoms with Crippen molar-refractivity contribution in [2.45, 2.75) is 56.3 Å². The highest BCUT2D eigenvalue weighted by Gasteiger charge is 2.42. The number of anilines is 1. The summed E-state index contributed by atoms with van der Waals surface area (Å²) in [6.07, 6.45) is 7.72. The van der Waals surface area contributed by atoms with Crippen molar-refractivity contribution in [1.82, 2.24) is 14.6 Å². The van der Waals surface area contributed by atoms with Crippen LogP contribution < -0.4 is 9.46 Å². The van der Waals surface area contributed by atoms with Gasteiger partial charge in [-0.05, 0) is 48.9 Å². The lowest BCUT2D eigenvalue weighted by atomic mass is 9.65. The summed E-state index contributed by atoms with van der Waals surface area (Å²) in [5, 5.41) is 8.13. The number of nitrogens with zero attached hydrogens (tertiary/aromatic N) is 3. The zero-order chi connectivity index (χ0) is 21.0. The normalized spacial score (nSPS) is 27.1. The summed E-state index contributed by atoms with van der Waals surface area (Å²) in [7, 11) is -3.42. The van der Waals surface area contributed by atoms with Gasteiger partial charge in [-0.25, -0.2) is 8.42 Å². The number of pyridine rings is 1. The molecule has 0 aliphatic heterocycles. The van der Waals surface area contributed by atoms with Gasteiger partial charge in [0.1, 0.15) is 5.75 Å². The molecule has 2 fully saturated rings. The van der Waals surface area contributed by atoms with E-state index < -0.39 is 10.0 Å². The van der Waals surface area contributed by atoms with Gasteiger partial charge in [-0.15, -0.1) is 10.2 Å². The molecule has 2 saturated carbocycles. The Balaban J connectivity index is 1.58. The monoisotopic (exact) mass is 532 g/mol. The number of fused-ring (bicyclic) bond motifs is 1. The minimum absolute atomic E-state index is 0.215. The lowest BCUT2D eigenvalue weighted by molar-refractivity contribution is 0.0670. The van der Waals surface area contributed by atoms with Gasteiger partial charge in [-0.1, -0.05) is 43.4 Å². The number of rotatable bonds is 6. The van der Waals surface area contributed by atoms with Crippen LogP contribution in [-0.4, -0.2) is 39.8 Å². The van der Waals surface area contributed by atoms with Gasteiger partial charge < -0.3 is 4.74 Å². The third kappa shape index (κ3) is 4.35. The fourth-order valence-electron chi connectivity index (χ4n) is 4.29. The van der Waals surface area contributed by atoms with Gasteiger partial charge in [0.05, 0.1) is 12.9 Å². The van der Waals surface area contributed by atoms with Crippen LogP contribution in [0.3, 0.4) is 0 Å². The van der Waals surface area contributed by atoms with Gasteiger partial charge >= 0.3 is 0 Å². The lowest BCUT2D eigenvalue weighted by Crippen LogP contribution is -2.42. The van der Waals surface area contributed by atoms with Gasteiger partial charge in [0.15, 0.2) is 5.65 Å². The van der Waals surface area contributed by atoms with Gasteiger partial charge in [0.25, 0.3) is 0 Å². The first-order chi connectivity index (χ1) is 13.6. The largest absolute Gasteiger partial charge is 0.493 e. The Morgan fingerprint density at radius 2 is 2.00 bits per heavy atom. The smallest absolute Gasteiger partial charge is 0.242 e. The van der Waals surface area contributed by atoms with E-state index in [4.69, 9.17) is 4.74 Å². The molecule has 0 radical (unpaired) electrons. The third-order valence-electron chi connectivity index (χ3n) is 6.76. The van der Waals surface area contributed by atoms with Crippen molar-refractivity contribution < 1.29 is 13.2 Å². The molecular formula is C20H29IN4O3S. The molecule has 7 nitrogen and oxygen atoms in total. The molecule has 2 aromatic rings. The molecule has 2 aliphatic carbocycles. The molecule has 0 unspecified atom stereocenters. The Kier molecular flexibility index (Phi) is 5.50. The third-order valence-corrected chi connectivity index (χ3v) is 9.54. The zero-order valence-electron chi connectivity index (χ0n) is 17.4. The predicted octanol–water partition coefficient (Wildman–Crippen LogP) is 4.23. The van der Waals surface area contributed by atoms with Crippen LogP contribution in [-0.2, 0) is 10.0 Å². The first kappa shape index (κ1) is 21.1. The highest BCUT2D eigenvalue weighted by atomic mass is 127. The quantitative estimate of drug-likeness (QED) is 0.445. The van der Waals surface area contributed by atoms with Crippen LogP contribution in [0, 0.1) is 17.3 Å². The minimum Gasteiger partial charge on any atom is -0.493 e. The Labute approximate surface area is 186 Å². The van der Waals surface area contributed by atoms with E-state index in [1.165, 1.54) is 12.8 Å². The maximum absolute atomic E-state index is 11.6. The summed E-state index contributed by atoms with van der Waals surface area (Å²) in [5.74, 6) is 2.65. The van der Waals surface area contributed by atoms with E-state index in [0.717, 1.165) is 30.4 Å². The van der Waals surface area contributed by atoms with E-state index in [1.807, 2.05) is 12.3 Å². The average molecular weight is 532 g/mol. The van der Waals surface area contributed by atoms with Crippen molar-refractivity contribution in [3.63, 3.8) is 0 Å². The molecule has 0 amide bonds. The second kappa shape index (κ2) is 7.55. The number of sulfonamides is 1. The Morgan fingerprint density at radius 3 is 2.66 bits per heavy atom. The number of aromatic nitrogens is 3. The van der Waals surface area contributed by atoms with E-state index >= 15 is 0 Å². The molecule has 9 heteroatoms. The number of halogens is 1. The van der Waals surface area contributed by atoms with Crippen LogP contribution in [0.1, 0.15) is 57.9 Å². The van der Waals surface area contributed by atoms with Crippen molar-refractivity contribution in [3.05, 3.63) is 17.8 Å². The standard InChI is InChI=1S/C20H29IN4O3S/c1-12-14(7-8-17(21)20(12,2)3)11-28-16-9-18-22-23-19(24-29(4,26)27)25(18)10-15(16)13-5-6-13/h9-10,12-14,17H,5-8,11H2,1-4H3,(H,23,24)/t12-,14+,17+/m0/s1. The summed E-state index contributed by atoms with van der Waals surface area (Å²) in [4.78, 5) is 0. The molecule has 2 heterocycles. The molecular weight excluding hydrogens is 503 g/mol. The summed E-state index contributed by atoms with van der Waals surface area (Å²) in [6.45, 7) is 7.79. The molecule has 160 valence electrons. The van der Waals surface area contributed by atoms with Crippen LogP contribution in [0.2, 0.25) is 0 Å². The molecule has 0 spiro atoms. The Hall–Kier alpha value is -1.10. The first-order valence-electron chi connectivity index (χ1n) is 10.2. The van der Waals surface area contributed by atoms with E-state index in [1.54, 1.807) is 4.40 Å². The molecule has 2 aliphatic rings. The second-order valence-electron chi connectivity index (χ2n) is 9.22. The number of ether oxygens (including phenoxy) is 1. The molecule has 0 saturated heterocycles. The highest BCUT2D eigenvalue weighted by Crippen LogP contribution is 2.48. The number of nitrogens with one attached hydrogen (secondary N) is 1. The molecule has 4 rings (SSSR count). The Bertz CT molecular complexity index is 1020. The van der Waals surface area contributed by atoms with Crippen LogP contribution >= 0.6 is 22.6 Å². The van der Waals surface area contributed by atoms with Crippen LogP contribution in [0.25, 0.3) is 5.65 Å². The molecule has 0 bridgehead atoms. The van der Waals surface area contributed by atoms with Crippen LogP contribution in [0.5, 0.6) is 5.75 Å². The predicted molar refractivity (Wildman–Crippen MR) is 122 cm³/mol. The van der Waals surface area contributed by atoms with Gasteiger partial charge in [0, 0.05) is 21.8 Å². The topological polar surface area (TPSA) is 85.6 Å². The second-order valence-corrected chi connectivity index (χ2v) is 12.5. The van der Waals surface area contributed by atoms with E-state index in [2.05, 4.69) is 58.3 Å². The number of hydrogen-bond donors (Lipinski definition) is 1.